The van der Waals surface area contributed by atoms with Crippen molar-refractivity contribution >= 4 is 50.7 Å². The first-order valence-electron chi connectivity index (χ1n) is 13.2. The number of carbonyl (C=O) groups is 2. The summed E-state index contributed by atoms with van der Waals surface area (Å²) in [6, 6.07) is 18.9. The van der Waals surface area contributed by atoms with Crippen LogP contribution in [0.4, 0.5) is 5.69 Å². The molecule has 0 heterocycles. The lowest BCUT2D eigenvalue weighted by Gasteiger charge is -2.33. The van der Waals surface area contributed by atoms with Gasteiger partial charge in [0.25, 0.3) is 10.0 Å². The molecule has 0 aliphatic rings. The van der Waals surface area contributed by atoms with E-state index < -0.39 is 28.5 Å². The zero-order chi connectivity index (χ0) is 29.4. The molecule has 0 radical (unpaired) electrons. The van der Waals surface area contributed by atoms with E-state index >= 15 is 0 Å². The van der Waals surface area contributed by atoms with Crippen molar-refractivity contribution in [3.63, 3.8) is 0 Å². The third-order valence-electron chi connectivity index (χ3n) is 6.61. The molecule has 2 atom stereocenters. The highest BCUT2D eigenvalue weighted by Gasteiger charge is 2.34. The maximum absolute atomic E-state index is 14.1. The van der Waals surface area contributed by atoms with E-state index in [1.165, 1.54) is 35.2 Å². The minimum absolute atomic E-state index is 0.00513. The van der Waals surface area contributed by atoms with Gasteiger partial charge in [-0.25, -0.2) is 8.42 Å². The van der Waals surface area contributed by atoms with Gasteiger partial charge in [-0.3, -0.25) is 13.9 Å². The molecular weight excluding hydrogens is 569 g/mol. The number of carbonyl (C=O) groups excluding carboxylic acids is 2. The molecule has 3 rings (SSSR count). The Balaban J connectivity index is 2.07. The second kappa shape index (κ2) is 14.0. The Morgan fingerprint density at radius 1 is 0.900 bits per heavy atom. The lowest BCUT2D eigenvalue weighted by molar-refractivity contribution is -0.140. The molecule has 214 valence electrons. The van der Waals surface area contributed by atoms with E-state index in [0.29, 0.717) is 6.42 Å². The molecule has 0 saturated carbocycles. The summed E-state index contributed by atoms with van der Waals surface area (Å²) in [5, 5.41) is 3.41. The molecule has 3 aromatic rings. The lowest BCUT2D eigenvalue weighted by Crippen LogP contribution is -2.53. The number of hydrogen-bond donors (Lipinski definition) is 1. The molecule has 0 unspecified atom stereocenters. The summed E-state index contributed by atoms with van der Waals surface area (Å²) in [4.78, 5) is 28.9. The van der Waals surface area contributed by atoms with Crippen LogP contribution in [-0.2, 0) is 26.2 Å². The average molecular weight is 605 g/mol. The summed E-state index contributed by atoms with van der Waals surface area (Å²) in [6.45, 7) is 7.21. The van der Waals surface area contributed by atoms with Gasteiger partial charge in [0.1, 0.15) is 12.6 Å². The van der Waals surface area contributed by atoms with Gasteiger partial charge in [-0.15, -0.1) is 0 Å². The second-order valence-electron chi connectivity index (χ2n) is 9.70. The molecular formula is C30H35Cl2N3O4S. The van der Waals surface area contributed by atoms with Crippen molar-refractivity contribution < 1.29 is 18.0 Å². The van der Waals surface area contributed by atoms with Crippen LogP contribution in [0.2, 0.25) is 10.0 Å². The number of halogens is 2. The zero-order valence-corrected chi connectivity index (χ0v) is 25.4. The Hall–Kier alpha value is -3.07. The van der Waals surface area contributed by atoms with Crippen LogP contribution < -0.4 is 9.62 Å². The Kier molecular flexibility index (Phi) is 11.0. The van der Waals surface area contributed by atoms with Gasteiger partial charge in [0.2, 0.25) is 11.8 Å². The average Bonchev–Trinajstić information content (AvgIpc) is 2.92. The van der Waals surface area contributed by atoms with Gasteiger partial charge >= 0.3 is 0 Å². The molecule has 0 aliphatic heterocycles. The molecule has 0 aromatic heterocycles. The molecule has 0 saturated heterocycles. The van der Waals surface area contributed by atoms with Crippen LogP contribution in [0, 0.1) is 6.92 Å². The van der Waals surface area contributed by atoms with Crippen molar-refractivity contribution in [2.75, 3.05) is 10.8 Å². The number of nitrogens with zero attached hydrogens (tertiary/aromatic N) is 2. The lowest BCUT2D eigenvalue weighted by atomic mass is 10.1. The summed E-state index contributed by atoms with van der Waals surface area (Å²) in [7, 11) is -4.20. The number of anilines is 1. The third-order valence-corrected chi connectivity index (χ3v) is 8.83. The Morgan fingerprint density at radius 2 is 1.50 bits per heavy atom. The number of benzene rings is 3. The summed E-state index contributed by atoms with van der Waals surface area (Å²) >= 11 is 12.5. The zero-order valence-electron chi connectivity index (χ0n) is 23.1. The molecule has 0 fully saturated rings. The summed E-state index contributed by atoms with van der Waals surface area (Å²) in [5.41, 5.74) is 2.01. The van der Waals surface area contributed by atoms with Gasteiger partial charge in [0, 0.05) is 22.6 Å². The maximum atomic E-state index is 14.1. The fourth-order valence-electron chi connectivity index (χ4n) is 4.18. The first kappa shape index (κ1) is 31.5. The van der Waals surface area contributed by atoms with Crippen LogP contribution in [0.1, 0.15) is 44.7 Å². The number of aryl methyl sites for hydroxylation is 1. The van der Waals surface area contributed by atoms with Gasteiger partial charge in [0.15, 0.2) is 0 Å². The molecule has 3 aromatic carbocycles. The van der Waals surface area contributed by atoms with Crippen molar-refractivity contribution in [2.24, 2.45) is 0 Å². The normalized spacial score (nSPS) is 12.8. The van der Waals surface area contributed by atoms with Crippen LogP contribution in [0.3, 0.4) is 0 Å². The summed E-state index contributed by atoms with van der Waals surface area (Å²) in [5.74, 6) is -0.831. The predicted octanol–water partition coefficient (Wildman–Crippen LogP) is 6.22. The highest BCUT2D eigenvalue weighted by molar-refractivity contribution is 7.92. The fraction of sp³-hybridized carbons (Fsp3) is 0.333. The van der Waals surface area contributed by atoms with Crippen LogP contribution in [-0.4, -0.2) is 43.8 Å². The highest BCUT2D eigenvalue weighted by atomic mass is 35.5. The molecule has 7 nitrogen and oxygen atoms in total. The molecule has 1 N–H and O–H groups in total. The van der Waals surface area contributed by atoms with E-state index in [0.717, 1.165) is 21.9 Å². The topological polar surface area (TPSA) is 86.8 Å². The number of nitrogens with one attached hydrogen (secondary N) is 1. The van der Waals surface area contributed by atoms with Crippen molar-refractivity contribution in [2.45, 2.75) is 64.1 Å². The fourth-order valence-corrected chi connectivity index (χ4v) is 6.12. The van der Waals surface area contributed by atoms with Crippen molar-refractivity contribution in [1.29, 1.82) is 0 Å². The van der Waals surface area contributed by atoms with E-state index in [1.807, 2.05) is 52.0 Å². The van der Waals surface area contributed by atoms with Gasteiger partial charge < -0.3 is 10.2 Å². The number of sulfonamides is 1. The van der Waals surface area contributed by atoms with E-state index in [1.54, 1.807) is 18.2 Å². The van der Waals surface area contributed by atoms with Crippen LogP contribution in [0.25, 0.3) is 0 Å². The molecule has 2 amide bonds. The van der Waals surface area contributed by atoms with Crippen molar-refractivity contribution in [3.05, 3.63) is 94.0 Å². The standard InChI is InChI=1S/C30H35Cl2N3O4S/c1-5-22(4)33-30(37)28(6-2)34(19-23-14-12-21(3)13-15-23)29(36)20-35(26-17-24(31)16-25(32)18-26)40(38,39)27-10-8-7-9-11-27/h7-18,22,28H,5-6,19-20H2,1-4H3,(H,33,37)/t22-,28-/m0/s1. The quantitative estimate of drug-likeness (QED) is 0.266. The van der Waals surface area contributed by atoms with Gasteiger partial charge in [0.05, 0.1) is 10.6 Å². The monoisotopic (exact) mass is 603 g/mol. The van der Waals surface area contributed by atoms with Crippen LogP contribution >= 0.6 is 23.2 Å². The van der Waals surface area contributed by atoms with Gasteiger partial charge in [-0.05, 0) is 62.6 Å². The van der Waals surface area contributed by atoms with Gasteiger partial charge in [-0.2, -0.15) is 0 Å². The van der Waals surface area contributed by atoms with Crippen LogP contribution in [0.5, 0.6) is 0 Å². The van der Waals surface area contributed by atoms with Crippen molar-refractivity contribution in [1.82, 2.24) is 10.2 Å². The maximum Gasteiger partial charge on any atom is 0.264 e. The molecule has 0 bridgehead atoms. The smallest absolute Gasteiger partial charge is 0.264 e. The first-order valence-corrected chi connectivity index (χ1v) is 15.3. The molecule has 10 heteroatoms. The van der Waals surface area contributed by atoms with E-state index in [2.05, 4.69) is 5.32 Å². The third kappa shape index (κ3) is 7.99. The largest absolute Gasteiger partial charge is 0.352 e. The first-order chi connectivity index (χ1) is 19.0. The Morgan fingerprint density at radius 3 is 2.05 bits per heavy atom. The van der Waals surface area contributed by atoms with Crippen molar-refractivity contribution in [3.8, 4) is 0 Å². The molecule has 0 aliphatic carbocycles. The summed E-state index contributed by atoms with van der Waals surface area (Å²) < 4.78 is 28.7. The van der Waals surface area contributed by atoms with Crippen LogP contribution in [0.15, 0.2) is 77.7 Å². The van der Waals surface area contributed by atoms with E-state index in [4.69, 9.17) is 23.2 Å². The minimum atomic E-state index is -4.20. The summed E-state index contributed by atoms with van der Waals surface area (Å²) in [6.07, 6.45) is 1.07. The number of rotatable bonds is 12. The minimum Gasteiger partial charge on any atom is -0.352 e. The SMILES string of the molecule is CC[C@H](C)NC(=O)[C@H](CC)N(Cc1ccc(C)cc1)C(=O)CN(c1cc(Cl)cc(Cl)c1)S(=O)(=O)c1ccccc1. The predicted molar refractivity (Wildman–Crippen MR) is 161 cm³/mol. The number of hydrogen-bond acceptors (Lipinski definition) is 4. The van der Waals surface area contributed by atoms with E-state index in [-0.39, 0.29) is 39.1 Å². The molecule has 0 spiro atoms. The number of amides is 2. The Labute approximate surface area is 247 Å². The van der Waals surface area contributed by atoms with E-state index in [9.17, 15) is 18.0 Å². The highest BCUT2D eigenvalue weighted by Crippen LogP contribution is 2.30. The Bertz CT molecular complexity index is 1400. The second-order valence-corrected chi connectivity index (χ2v) is 12.4. The molecule has 40 heavy (non-hydrogen) atoms. The van der Waals surface area contributed by atoms with Gasteiger partial charge in [-0.1, -0.05) is 85.1 Å².